The van der Waals surface area contributed by atoms with Crippen LogP contribution in [0.2, 0.25) is 0 Å². The molecule has 21 heteroatoms. The lowest BCUT2D eigenvalue weighted by Gasteiger charge is -2.47. The van der Waals surface area contributed by atoms with Gasteiger partial charge in [0.2, 0.25) is 0 Å². The second-order valence-corrected chi connectivity index (χ2v) is 14.5. The third kappa shape index (κ3) is 11.6. The van der Waals surface area contributed by atoms with Gasteiger partial charge in [-0.05, 0) is 54.8 Å². The summed E-state index contributed by atoms with van der Waals surface area (Å²) in [4.78, 5) is 38.1. The summed E-state index contributed by atoms with van der Waals surface area (Å²) in [7, 11) is 2.73. The van der Waals surface area contributed by atoms with Crippen molar-refractivity contribution in [2.24, 2.45) is 0 Å². The molecule has 0 unspecified atom stereocenters. The summed E-state index contributed by atoms with van der Waals surface area (Å²) in [6.45, 7) is 1.41. The zero-order chi connectivity index (χ0) is 44.6. The first-order valence-electron chi connectivity index (χ1n) is 19.1. The third-order valence-electron chi connectivity index (χ3n) is 10.1. The van der Waals surface area contributed by atoms with Crippen LogP contribution in [-0.4, -0.2) is 174 Å². The summed E-state index contributed by atoms with van der Waals surface area (Å²) in [5.74, 6) is -2.69. The number of aliphatic hydroxyl groups excluding tert-OH is 4. The van der Waals surface area contributed by atoms with Gasteiger partial charge in [0, 0.05) is 19.9 Å². The number of hydrogen-bond acceptors (Lipinski definition) is 21. The maximum atomic E-state index is 13.6. The van der Waals surface area contributed by atoms with E-state index in [9.17, 15) is 50.1 Å². The standard InChI is InChI=1S/C40H52O21/c1-19-30(47)33(57-20(2)42)35(58-21(3)43)38(56-19)61-34-31(48)37(53-13-12-23-7-10-26(51-4)25(45)14-23)59-28(16-54-39-36(49)40(50,17-41)18-55-39)32(34)60-29(46)11-8-22-6-9-24(44)27(15-22)52-5/h6-11,14-15,19,28,30-39,41,44-45,47-50H,12-13,16-18H2,1-5H3/b11-8+/t19-,28+,30-,31+,32+,33+,34+,35+,36-,37+,38-,39+,40+/m0/s1. The van der Waals surface area contributed by atoms with Gasteiger partial charge in [-0.25, -0.2) is 4.79 Å². The highest BCUT2D eigenvalue weighted by molar-refractivity contribution is 5.87. The Labute approximate surface area is 349 Å². The number of methoxy groups -OCH3 is 2. The first-order chi connectivity index (χ1) is 29.0. The maximum absolute atomic E-state index is 13.6. The number of hydrogen-bond donors (Lipinski definition) is 7. The number of benzene rings is 2. The van der Waals surface area contributed by atoms with Crippen LogP contribution in [0.1, 0.15) is 31.9 Å². The zero-order valence-electron chi connectivity index (χ0n) is 33.9. The average Bonchev–Trinajstić information content (AvgIpc) is 3.51. The average molecular weight is 869 g/mol. The van der Waals surface area contributed by atoms with Crippen LogP contribution in [0.15, 0.2) is 42.5 Å². The molecule has 61 heavy (non-hydrogen) atoms. The van der Waals surface area contributed by atoms with Crippen molar-refractivity contribution in [2.45, 2.75) is 107 Å². The van der Waals surface area contributed by atoms with Gasteiger partial charge < -0.3 is 87.9 Å². The molecule has 338 valence electrons. The van der Waals surface area contributed by atoms with E-state index in [4.69, 9.17) is 52.1 Å². The van der Waals surface area contributed by atoms with Crippen molar-refractivity contribution in [1.29, 1.82) is 0 Å². The van der Waals surface area contributed by atoms with Gasteiger partial charge in [-0.3, -0.25) is 9.59 Å². The fourth-order valence-electron chi connectivity index (χ4n) is 6.80. The summed E-state index contributed by atoms with van der Waals surface area (Å²) >= 11 is 0. The summed E-state index contributed by atoms with van der Waals surface area (Å²) < 4.78 is 62.4. The Kier molecular flexibility index (Phi) is 16.3. The minimum absolute atomic E-state index is 0.116. The van der Waals surface area contributed by atoms with Crippen LogP contribution in [0.3, 0.4) is 0 Å². The van der Waals surface area contributed by atoms with Crippen molar-refractivity contribution in [3.8, 4) is 23.0 Å². The van der Waals surface area contributed by atoms with E-state index in [1.54, 1.807) is 12.1 Å². The fourth-order valence-corrected chi connectivity index (χ4v) is 6.80. The molecule has 3 fully saturated rings. The topological polar surface area (TPSA) is 294 Å². The van der Waals surface area contributed by atoms with E-state index in [1.807, 2.05) is 0 Å². The van der Waals surface area contributed by atoms with E-state index in [-0.39, 0.29) is 36.0 Å². The summed E-state index contributed by atoms with van der Waals surface area (Å²) in [5, 5.41) is 74.1. The third-order valence-corrected chi connectivity index (χ3v) is 10.1. The van der Waals surface area contributed by atoms with Crippen molar-refractivity contribution >= 4 is 24.0 Å². The summed E-state index contributed by atoms with van der Waals surface area (Å²) in [6.07, 6.45) is -16.6. The lowest BCUT2D eigenvalue weighted by molar-refractivity contribution is -0.360. The van der Waals surface area contributed by atoms with E-state index >= 15 is 0 Å². The number of carbonyl (C=O) groups excluding carboxylic acids is 3. The van der Waals surface area contributed by atoms with Gasteiger partial charge in [-0.2, -0.15) is 0 Å². The Bertz CT molecular complexity index is 1840. The van der Waals surface area contributed by atoms with Gasteiger partial charge in [0.1, 0.15) is 36.1 Å². The predicted octanol–water partition coefficient (Wildman–Crippen LogP) is -0.803. The van der Waals surface area contributed by atoms with Crippen molar-refractivity contribution in [2.75, 3.05) is 40.6 Å². The SMILES string of the molecule is COc1ccc(CCO[C@@H]2O[C@H](CO[C@@H]3OC[C@](O)(CO)[C@H]3O)[C@@H](OC(=O)/C=C/c3ccc(O)c(OC)c3)[C@H](O[C@@H]3O[C@@H](C)[C@H](O)[C@@H](OC(C)=O)[C@H]3OC(C)=O)[C@H]2O)cc1O. The molecule has 0 aromatic heterocycles. The molecule has 13 atom stereocenters. The Balaban J connectivity index is 1.49. The van der Waals surface area contributed by atoms with Crippen LogP contribution >= 0.6 is 0 Å². The van der Waals surface area contributed by atoms with Crippen LogP contribution in [-0.2, 0) is 63.4 Å². The van der Waals surface area contributed by atoms with Gasteiger partial charge >= 0.3 is 17.9 Å². The molecule has 0 saturated carbocycles. The summed E-state index contributed by atoms with van der Waals surface area (Å²) in [5.41, 5.74) is -1.06. The van der Waals surface area contributed by atoms with Gasteiger partial charge in [0.15, 0.2) is 60.2 Å². The second-order valence-electron chi connectivity index (χ2n) is 14.5. The number of phenols is 2. The smallest absolute Gasteiger partial charge is 0.331 e. The first-order valence-corrected chi connectivity index (χ1v) is 19.1. The Morgan fingerprint density at radius 3 is 2.15 bits per heavy atom. The van der Waals surface area contributed by atoms with Crippen molar-refractivity contribution in [1.82, 2.24) is 0 Å². The molecule has 2 aromatic rings. The van der Waals surface area contributed by atoms with E-state index in [0.29, 0.717) is 11.1 Å². The normalized spacial score (nSPS) is 32.6. The number of esters is 3. The molecule has 5 rings (SSSR count). The molecule has 0 aliphatic carbocycles. The fraction of sp³-hybridized carbons (Fsp3) is 0.575. The zero-order valence-corrected chi connectivity index (χ0v) is 33.9. The first kappa shape index (κ1) is 47.4. The number of aliphatic hydroxyl groups is 5. The van der Waals surface area contributed by atoms with Gasteiger partial charge in [0.25, 0.3) is 0 Å². The van der Waals surface area contributed by atoms with E-state index < -0.39 is 117 Å². The Morgan fingerprint density at radius 2 is 1.51 bits per heavy atom. The number of phenolic OH excluding ortho intramolecular Hbond substituents is 2. The highest BCUT2D eigenvalue weighted by Gasteiger charge is 2.55. The van der Waals surface area contributed by atoms with Crippen molar-refractivity contribution in [3.63, 3.8) is 0 Å². The largest absolute Gasteiger partial charge is 0.504 e. The van der Waals surface area contributed by atoms with E-state index in [1.165, 1.54) is 51.5 Å². The second kappa shape index (κ2) is 20.9. The van der Waals surface area contributed by atoms with Crippen LogP contribution in [0.5, 0.6) is 23.0 Å². The van der Waals surface area contributed by atoms with Gasteiger partial charge in [-0.1, -0.05) is 12.1 Å². The molecule has 21 nitrogen and oxygen atoms in total. The Hall–Kier alpha value is -4.65. The molecular formula is C40H52O21. The minimum atomic E-state index is -2.07. The molecule has 0 bridgehead atoms. The highest BCUT2D eigenvalue weighted by atomic mass is 16.8. The molecular weight excluding hydrogens is 816 g/mol. The molecule has 0 amide bonds. The molecule has 0 spiro atoms. The maximum Gasteiger partial charge on any atom is 0.331 e. The number of rotatable bonds is 17. The summed E-state index contributed by atoms with van der Waals surface area (Å²) in [6, 6.07) is 8.93. The van der Waals surface area contributed by atoms with Crippen LogP contribution in [0, 0.1) is 0 Å². The number of ether oxygens (including phenoxy) is 11. The van der Waals surface area contributed by atoms with Crippen molar-refractivity contribution in [3.05, 3.63) is 53.6 Å². The monoisotopic (exact) mass is 868 g/mol. The molecule has 0 radical (unpaired) electrons. The van der Waals surface area contributed by atoms with Crippen molar-refractivity contribution < 1.29 is 102 Å². The molecule has 2 aromatic carbocycles. The van der Waals surface area contributed by atoms with E-state index in [2.05, 4.69) is 0 Å². The molecule has 3 heterocycles. The highest BCUT2D eigenvalue weighted by Crippen LogP contribution is 2.35. The van der Waals surface area contributed by atoms with Gasteiger partial charge in [-0.15, -0.1) is 0 Å². The molecule has 3 aliphatic rings. The number of aromatic hydroxyl groups is 2. The van der Waals surface area contributed by atoms with Crippen LogP contribution in [0.25, 0.3) is 6.08 Å². The molecule has 7 N–H and O–H groups in total. The van der Waals surface area contributed by atoms with E-state index in [0.717, 1.165) is 19.9 Å². The van der Waals surface area contributed by atoms with Crippen LogP contribution in [0.4, 0.5) is 0 Å². The predicted molar refractivity (Wildman–Crippen MR) is 203 cm³/mol. The lowest BCUT2D eigenvalue weighted by atomic mass is 9.96. The minimum Gasteiger partial charge on any atom is -0.504 e. The van der Waals surface area contributed by atoms with Gasteiger partial charge in [0.05, 0.1) is 46.8 Å². The quantitative estimate of drug-likeness (QED) is 0.0582. The van der Waals surface area contributed by atoms with Crippen LogP contribution < -0.4 is 9.47 Å². The molecule has 3 saturated heterocycles. The Morgan fingerprint density at radius 1 is 0.803 bits per heavy atom. The lowest BCUT2D eigenvalue weighted by Crippen LogP contribution is -2.66. The number of carbonyl (C=O) groups is 3. The molecule has 3 aliphatic heterocycles.